The number of anilines is 1. The molecule has 1 unspecified atom stereocenters. The van der Waals surface area contributed by atoms with Gasteiger partial charge in [0, 0.05) is 50.7 Å². The summed E-state index contributed by atoms with van der Waals surface area (Å²) < 4.78 is 44.7. The van der Waals surface area contributed by atoms with Gasteiger partial charge in [-0.3, -0.25) is 4.90 Å². The predicted octanol–water partition coefficient (Wildman–Crippen LogP) is 4.94. The third-order valence-corrected chi connectivity index (χ3v) is 8.88. The number of alkyl halides is 3. The van der Waals surface area contributed by atoms with E-state index in [-0.39, 0.29) is 11.9 Å². The van der Waals surface area contributed by atoms with Crippen LogP contribution in [0, 0.1) is 5.92 Å². The van der Waals surface area contributed by atoms with Crippen LogP contribution >= 0.6 is 23.2 Å². The van der Waals surface area contributed by atoms with Crippen LogP contribution in [-0.4, -0.2) is 60.3 Å². The maximum absolute atomic E-state index is 13.4. The van der Waals surface area contributed by atoms with E-state index in [0.717, 1.165) is 50.6 Å². The number of aromatic nitrogens is 3. The molecule has 0 bridgehead atoms. The molecule has 6 rings (SSSR count). The molecule has 1 fully saturated rings. The number of imidazole rings is 1. The van der Waals surface area contributed by atoms with Gasteiger partial charge < -0.3 is 10.2 Å². The van der Waals surface area contributed by atoms with Crippen LogP contribution < -0.4 is 14.8 Å². The topological polar surface area (TPSA) is 40.2 Å². The first kappa shape index (κ1) is 27.6. The first-order chi connectivity index (χ1) is 19.2. The highest BCUT2D eigenvalue weighted by molar-refractivity contribution is 6.31. The SMILES string of the molecule is CN(CCN1CCC2=C(Cc3ccc(Cl)cc32)C1Cn1cc[n+](CC2CNC2)c1)c1ccc(Cl)c(C(F)(F)F)n1. The quantitative estimate of drug-likeness (QED) is 0.377. The Morgan fingerprint density at radius 3 is 2.75 bits per heavy atom. The molecule has 2 aliphatic heterocycles. The fourth-order valence-corrected chi connectivity index (χ4v) is 6.46. The molecule has 11 heteroatoms. The van der Waals surface area contributed by atoms with Gasteiger partial charge in [0.2, 0.25) is 6.33 Å². The van der Waals surface area contributed by atoms with Gasteiger partial charge in [0.25, 0.3) is 0 Å². The van der Waals surface area contributed by atoms with Crippen molar-refractivity contribution in [2.45, 2.75) is 38.1 Å². The molecule has 1 aliphatic carbocycles. The molecule has 0 amide bonds. The lowest BCUT2D eigenvalue weighted by molar-refractivity contribution is -0.703. The van der Waals surface area contributed by atoms with Gasteiger partial charge in [-0.05, 0) is 59.4 Å². The average molecular weight is 593 g/mol. The van der Waals surface area contributed by atoms with Gasteiger partial charge in [-0.15, -0.1) is 0 Å². The highest BCUT2D eigenvalue weighted by Gasteiger charge is 2.37. The minimum atomic E-state index is -4.60. The highest BCUT2D eigenvalue weighted by atomic mass is 35.5. The molecule has 4 heterocycles. The number of likely N-dealkylation sites (N-methyl/N-ethyl adjacent to an activating group) is 1. The highest BCUT2D eigenvalue weighted by Crippen LogP contribution is 2.42. The first-order valence-electron chi connectivity index (χ1n) is 13.6. The predicted molar refractivity (Wildman–Crippen MR) is 151 cm³/mol. The molecule has 1 atom stereocenters. The Labute approximate surface area is 242 Å². The third kappa shape index (κ3) is 5.62. The van der Waals surface area contributed by atoms with Crippen LogP contribution in [0.4, 0.5) is 19.0 Å². The fraction of sp³-hybridized carbons (Fsp3) is 0.448. The smallest absolute Gasteiger partial charge is 0.358 e. The molecule has 0 saturated carbocycles. The molecule has 1 saturated heterocycles. The van der Waals surface area contributed by atoms with E-state index < -0.39 is 16.9 Å². The zero-order valence-electron chi connectivity index (χ0n) is 22.3. The van der Waals surface area contributed by atoms with Crippen molar-refractivity contribution in [1.29, 1.82) is 0 Å². The normalized spacial score (nSPS) is 19.5. The number of nitrogens with one attached hydrogen (secondary N) is 1. The van der Waals surface area contributed by atoms with Crippen LogP contribution in [-0.2, 0) is 25.7 Å². The number of benzene rings is 1. The van der Waals surface area contributed by atoms with Gasteiger partial charge in [-0.2, -0.15) is 13.2 Å². The summed E-state index contributed by atoms with van der Waals surface area (Å²) in [5.74, 6) is 0.926. The fourth-order valence-electron chi connectivity index (χ4n) is 6.07. The molecule has 0 radical (unpaired) electrons. The Bertz CT molecular complexity index is 1430. The number of pyridine rings is 1. The Morgan fingerprint density at radius 2 is 2.00 bits per heavy atom. The van der Waals surface area contributed by atoms with Gasteiger partial charge in [0.15, 0.2) is 5.69 Å². The lowest BCUT2D eigenvalue weighted by Gasteiger charge is -2.37. The van der Waals surface area contributed by atoms with Crippen LogP contribution in [0.3, 0.4) is 0 Å². The van der Waals surface area contributed by atoms with E-state index in [1.807, 2.05) is 6.07 Å². The number of halogens is 5. The molecule has 1 aromatic carbocycles. The molecule has 2 aromatic heterocycles. The summed E-state index contributed by atoms with van der Waals surface area (Å²) in [7, 11) is 1.78. The third-order valence-electron chi connectivity index (χ3n) is 8.34. The number of rotatable bonds is 8. The van der Waals surface area contributed by atoms with E-state index in [1.54, 1.807) is 18.0 Å². The van der Waals surface area contributed by atoms with E-state index >= 15 is 0 Å². The number of hydrogen-bond acceptors (Lipinski definition) is 4. The Morgan fingerprint density at radius 1 is 1.18 bits per heavy atom. The molecule has 3 aliphatic rings. The van der Waals surface area contributed by atoms with Gasteiger partial charge in [0.05, 0.1) is 17.6 Å². The second-order valence-electron chi connectivity index (χ2n) is 11.0. The van der Waals surface area contributed by atoms with Crippen molar-refractivity contribution >= 4 is 34.6 Å². The maximum Gasteiger partial charge on any atom is 0.434 e. The minimum Gasteiger partial charge on any atom is -0.358 e. The number of nitrogens with zero attached hydrogens (tertiary/aromatic N) is 5. The van der Waals surface area contributed by atoms with Crippen LogP contribution in [0.15, 0.2) is 54.6 Å². The summed E-state index contributed by atoms with van der Waals surface area (Å²) in [5.41, 5.74) is 4.32. The van der Waals surface area contributed by atoms with Crippen molar-refractivity contribution < 1.29 is 17.7 Å². The summed E-state index contributed by atoms with van der Waals surface area (Å²) >= 11 is 12.2. The average Bonchev–Trinajstić information content (AvgIpc) is 3.49. The van der Waals surface area contributed by atoms with Crippen molar-refractivity contribution in [3.63, 3.8) is 0 Å². The monoisotopic (exact) mass is 591 g/mol. The first-order valence-corrected chi connectivity index (χ1v) is 14.4. The maximum atomic E-state index is 13.4. The minimum absolute atomic E-state index is 0.165. The molecule has 212 valence electrons. The zero-order valence-corrected chi connectivity index (χ0v) is 23.8. The van der Waals surface area contributed by atoms with E-state index in [1.165, 1.54) is 28.3 Å². The number of hydrogen-bond donors (Lipinski definition) is 1. The molecule has 0 spiro atoms. The van der Waals surface area contributed by atoms with Crippen molar-refractivity contribution in [2.24, 2.45) is 5.92 Å². The van der Waals surface area contributed by atoms with Crippen LogP contribution in [0.2, 0.25) is 10.0 Å². The molecular formula is C29H32Cl2F3N6+. The second-order valence-corrected chi connectivity index (χ2v) is 11.9. The standard InChI is InChI=1S/C29H32Cl2F3N6/c1-37(27-5-4-25(31)28(36-27)29(32,33)34)8-11-40-7-6-22-23-13-21(30)3-2-20(23)12-24(22)26(40)17-39-10-9-38(18-39)16-19-14-35-15-19/h2-5,9-10,13,18-19,26,35H,6-8,11-12,14-17H2,1H3/q+1. The van der Waals surface area contributed by atoms with E-state index in [0.29, 0.717) is 19.0 Å². The molecule has 1 N–H and O–H groups in total. The summed E-state index contributed by atoms with van der Waals surface area (Å²) in [4.78, 5) is 8.07. The van der Waals surface area contributed by atoms with Crippen LogP contribution in [0.5, 0.6) is 0 Å². The van der Waals surface area contributed by atoms with Crippen LogP contribution in [0.1, 0.15) is 23.2 Å². The molecular weight excluding hydrogens is 560 g/mol. The van der Waals surface area contributed by atoms with Gasteiger partial charge in [-0.1, -0.05) is 29.3 Å². The molecule has 40 heavy (non-hydrogen) atoms. The zero-order chi connectivity index (χ0) is 28.0. The Kier molecular flexibility index (Phi) is 7.59. The molecule has 6 nitrogen and oxygen atoms in total. The van der Waals surface area contributed by atoms with Crippen molar-refractivity contribution in [1.82, 2.24) is 19.8 Å². The van der Waals surface area contributed by atoms with Crippen molar-refractivity contribution in [3.05, 3.63) is 81.5 Å². The van der Waals surface area contributed by atoms with E-state index in [4.69, 9.17) is 23.2 Å². The lowest BCUT2D eigenvalue weighted by Crippen LogP contribution is -2.50. The second kappa shape index (κ2) is 11.0. The summed E-state index contributed by atoms with van der Waals surface area (Å²) in [6, 6.07) is 9.15. The van der Waals surface area contributed by atoms with Gasteiger partial charge in [-0.25, -0.2) is 14.1 Å². The summed E-state index contributed by atoms with van der Waals surface area (Å²) in [6.07, 6.45) is 3.68. The lowest BCUT2D eigenvalue weighted by atomic mass is 9.92. The van der Waals surface area contributed by atoms with E-state index in [9.17, 15) is 13.2 Å². The van der Waals surface area contributed by atoms with Crippen LogP contribution in [0.25, 0.3) is 5.57 Å². The van der Waals surface area contributed by atoms with Gasteiger partial charge in [0.1, 0.15) is 24.8 Å². The summed E-state index contributed by atoms with van der Waals surface area (Å²) in [5, 5.41) is 3.69. The summed E-state index contributed by atoms with van der Waals surface area (Å²) in [6.45, 7) is 6.01. The van der Waals surface area contributed by atoms with E-state index in [2.05, 4.69) is 55.2 Å². The Hall–Kier alpha value is -2.59. The Balaban J connectivity index is 1.22. The largest absolute Gasteiger partial charge is 0.434 e. The van der Waals surface area contributed by atoms with Crippen molar-refractivity contribution in [2.75, 3.05) is 44.7 Å². The van der Waals surface area contributed by atoms with Gasteiger partial charge >= 0.3 is 6.18 Å². The van der Waals surface area contributed by atoms with Crippen molar-refractivity contribution in [3.8, 4) is 0 Å². The number of fused-ring (bicyclic) bond motifs is 2. The molecule has 3 aromatic rings.